The lowest BCUT2D eigenvalue weighted by atomic mass is 10.1. The Kier molecular flexibility index (Phi) is 7.53. The van der Waals surface area contributed by atoms with Gasteiger partial charge in [-0.05, 0) is 13.3 Å². The molecule has 0 saturated carbocycles. The summed E-state index contributed by atoms with van der Waals surface area (Å²) in [5, 5.41) is 14.7. The molecule has 1 aromatic heterocycles. The average molecular weight is 360 g/mol. The van der Waals surface area contributed by atoms with Crippen molar-refractivity contribution >= 4 is 28.3 Å². The van der Waals surface area contributed by atoms with Gasteiger partial charge < -0.3 is 5.32 Å². The number of amides is 2. The molecule has 0 aliphatic carbocycles. The molecule has 0 bridgehead atoms. The van der Waals surface area contributed by atoms with Gasteiger partial charge in [-0.15, -0.1) is 10.2 Å². The first-order valence-electron chi connectivity index (χ1n) is 8.59. The molecule has 0 radical (unpaired) electrons. The predicted molar refractivity (Wildman–Crippen MR) is 100 cm³/mol. The molecule has 6 nitrogen and oxygen atoms in total. The van der Waals surface area contributed by atoms with Crippen LogP contribution in [-0.2, 0) is 9.59 Å². The Morgan fingerprint density at radius 1 is 1.12 bits per heavy atom. The first kappa shape index (κ1) is 19.1. The van der Waals surface area contributed by atoms with Gasteiger partial charge in [0.05, 0.1) is 0 Å². The molecular weight excluding hydrogens is 336 g/mol. The van der Waals surface area contributed by atoms with Gasteiger partial charge in [0.25, 0.3) is 0 Å². The molecule has 0 fully saturated rings. The second-order valence-corrected chi connectivity index (χ2v) is 6.85. The van der Waals surface area contributed by atoms with Crippen LogP contribution >= 0.6 is 11.3 Å². The maximum Gasteiger partial charge on any atom is 0.248 e. The zero-order chi connectivity index (χ0) is 18.1. The quantitative estimate of drug-likeness (QED) is 0.669. The maximum absolute atomic E-state index is 12.2. The van der Waals surface area contributed by atoms with E-state index in [1.54, 1.807) is 6.92 Å². The molecular formula is C18H24N4O2S. The summed E-state index contributed by atoms with van der Waals surface area (Å²) in [6, 6.07) is 9.05. The molecule has 0 spiro atoms. The third kappa shape index (κ3) is 6.26. The number of unbranched alkanes of at least 4 members (excludes halogenated alkanes) is 3. The van der Waals surface area contributed by atoms with Crippen molar-refractivity contribution in [3.63, 3.8) is 0 Å². The first-order valence-corrected chi connectivity index (χ1v) is 9.41. The van der Waals surface area contributed by atoms with Gasteiger partial charge in [0.15, 0.2) is 0 Å². The van der Waals surface area contributed by atoms with Crippen LogP contribution in [0.15, 0.2) is 30.3 Å². The number of benzene rings is 1. The van der Waals surface area contributed by atoms with Gasteiger partial charge >= 0.3 is 0 Å². The van der Waals surface area contributed by atoms with E-state index < -0.39 is 6.04 Å². The number of nitrogens with one attached hydrogen (secondary N) is 2. The third-order valence-corrected chi connectivity index (χ3v) is 4.59. The van der Waals surface area contributed by atoms with Crippen LogP contribution in [0.1, 0.15) is 46.0 Å². The summed E-state index contributed by atoms with van der Waals surface area (Å²) in [5.74, 6) is -0.390. The van der Waals surface area contributed by atoms with E-state index in [1.165, 1.54) is 11.3 Å². The van der Waals surface area contributed by atoms with E-state index >= 15 is 0 Å². The fraction of sp³-hybridized carbons (Fsp3) is 0.444. The number of rotatable bonds is 9. The van der Waals surface area contributed by atoms with E-state index in [9.17, 15) is 9.59 Å². The highest BCUT2D eigenvalue weighted by Gasteiger charge is 2.17. The van der Waals surface area contributed by atoms with Gasteiger partial charge in [-0.3, -0.25) is 14.9 Å². The van der Waals surface area contributed by atoms with E-state index in [1.807, 2.05) is 30.3 Å². The fourth-order valence-electron chi connectivity index (χ4n) is 2.28. The molecule has 2 N–H and O–H groups in total. The van der Waals surface area contributed by atoms with Crippen LogP contribution in [0.2, 0.25) is 0 Å². The molecule has 134 valence electrons. The second kappa shape index (κ2) is 9.88. The molecule has 7 heteroatoms. The summed E-state index contributed by atoms with van der Waals surface area (Å²) in [7, 11) is 0. The van der Waals surface area contributed by atoms with Crippen molar-refractivity contribution in [1.29, 1.82) is 0 Å². The Morgan fingerprint density at radius 3 is 2.60 bits per heavy atom. The number of hydrogen-bond donors (Lipinski definition) is 2. The van der Waals surface area contributed by atoms with Crippen LogP contribution < -0.4 is 10.6 Å². The summed E-state index contributed by atoms with van der Waals surface area (Å²) < 4.78 is 0. The molecule has 0 saturated heterocycles. The molecule has 1 aromatic carbocycles. The standard InChI is InChI=1S/C18H24N4O2S/c1-3-4-5-9-12-15(23)19-13(2)16(24)20-18-22-21-17(25-18)14-10-7-6-8-11-14/h6-8,10-11,13H,3-5,9,12H2,1-2H3,(H,19,23)(H,20,22,24)/t13-/m0/s1. The minimum absolute atomic E-state index is 0.0963. The van der Waals surface area contributed by atoms with Crippen LogP contribution in [0.4, 0.5) is 5.13 Å². The van der Waals surface area contributed by atoms with Crippen LogP contribution in [0.25, 0.3) is 10.6 Å². The Hall–Kier alpha value is -2.28. The Bertz CT molecular complexity index is 687. The van der Waals surface area contributed by atoms with Crippen molar-refractivity contribution in [3.8, 4) is 10.6 Å². The minimum atomic E-state index is -0.609. The van der Waals surface area contributed by atoms with Gasteiger partial charge in [-0.25, -0.2) is 0 Å². The Balaban J connectivity index is 1.81. The van der Waals surface area contributed by atoms with Crippen LogP contribution in [-0.4, -0.2) is 28.1 Å². The molecule has 25 heavy (non-hydrogen) atoms. The number of hydrogen-bond acceptors (Lipinski definition) is 5. The Morgan fingerprint density at radius 2 is 1.88 bits per heavy atom. The van der Waals surface area contributed by atoms with Crippen LogP contribution in [0.3, 0.4) is 0 Å². The van der Waals surface area contributed by atoms with Crippen LogP contribution in [0.5, 0.6) is 0 Å². The summed E-state index contributed by atoms with van der Waals surface area (Å²) in [5.41, 5.74) is 0.953. The van der Waals surface area contributed by atoms with Gasteiger partial charge in [0.2, 0.25) is 16.9 Å². The highest BCUT2D eigenvalue weighted by Crippen LogP contribution is 2.25. The molecule has 2 amide bonds. The lowest BCUT2D eigenvalue weighted by Crippen LogP contribution is -2.41. The normalized spacial score (nSPS) is 11.8. The molecule has 2 aromatic rings. The number of anilines is 1. The van der Waals surface area contributed by atoms with E-state index in [2.05, 4.69) is 27.8 Å². The lowest BCUT2D eigenvalue weighted by Gasteiger charge is -2.12. The highest BCUT2D eigenvalue weighted by molar-refractivity contribution is 7.18. The molecule has 0 aliphatic heterocycles. The van der Waals surface area contributed by atoms with Crippen molar-refractivity contribution in [2.45, 2.75) is 52.0 Å². The monoisotopic (exact) mass is 360 g/mol. The molecule has 0 aliphatic rings. The van der Waals surface area contributed by atoms with Gasteiger partial charge in [-0.1, -0.05) is 67.9 Å². The lowest BCUT2D eigenvalue weighted by molar-refractivity contribution is -0.126. The zero-order valence-electron chi connectivity index (χ0n) is 14.6. The van der Waals surface area contributed by atoms with Crippen molar-refractivity contribution in [2.75, 3.05) is 5.32 Å². The number of nitrogens with zero attached hydrogens (tertiary/aromatic N) is 2. The first-order chi connectivity index (χ1) is 12.1. The largest absolute Gasteiger partial charge is 0.345 e. The van der Waals surface area contributed by atoms with E-state index in [-0.39, 0.29) is 11.8 Å². The SMILES string of the molecule is CCCCCCC(=O)N[C@@H](C)C(=O)Nc1nnc(-c2ccccc2)s1. The molecule has 1 atom stereocenters. The summed E-state index contributed by atoms with van der Waals surface area (Å²) in [6.45, 7) is 3.79. The smallest absolute Gasteiger partial charge is 0.248 e. The topological polar surface area (TPSA) is 84.0 Å². The van der Waals surface area contributed by atoms with E-state index in [0.717, 1.165) is 36.3 Å². The van der Waals surface area contributed by atoms with Gasteiger partial charge in [0.1, 0.15) is 11.0 Å². The zero-order valence-corrected chi connectivity index (χ0v) is 15.4. The van der Waals surface area contributed by atoms with Crippen molar-refractivity contribution in [3.05, 3.63) is 30.3 Å². The van der Waals surface area contributed by atoms with Crippen molar-refractivity contribution in [2.24, 2.45) is 0 Å². The number of carbonyl (C=O) groups is 2. The second-order valence-electron chi connectivity index (χ2n) is 5.87. The summed E-state index contributed by atoms with van der Waals surface area (Å²) in [6.07, 6.45) is 4.61. The fourth-order valence-corrected chi connectivity index (χ4v) is 3.03. The third-order valence-electron chi connectivity index (χ3n) is 3.70. The number of carbonyl (C=O) groups excluding carboxylic acids is 2. The van der Waals surface area contributed by atoms with Crippen molar-refractivity contribution < 1.29 is 9.59 Å². The minimum Gasteiger partial charge on any atom is -0.345 e. The predicted octanol–water partition coefficient (Wildman–Crippen LogP) is 3.62. The summed E-state index contributed by atoms with van der Waals surface area (Å²) >= 11 is 1.30. The maximum atomic E-state index is 12.2. The highest BCUT2D eigenvalue weighted by atomic mass is 32.1. The summed E-state index contributed by atoms with van der Waals surface area (Å²) in [4.78, 5) is 24.0. The van der Waals surface area contributed by atoms with E-state index in [4.69, 9.17) is 0 Å². The van der Waals surface area contributed by atoms with E-state index in [0.29, 0.717) is 11.6 Å². The van der Waals surface area contributed by atoms with Crippen LogP contribution in [0, 0.1) is 0 Å². The average Bonchev–Trinajstić information content (AvgIpc) is 3.08. The molecule has 2 rings (SSSR count). The number of aromatic nitrogens is 2. The van der Waals surface area contributed by atoms with Gasteiger partial charge in [0, 0.05) is 12.0 Å². The molecule has 0 unspecified atom stereocenters. The molecule has 1 heterocycles. The van der Waals surface area contributed by atoms with Crippen molar-refractivity contribution in [1.82, 2.24) is 15.5 Å². The Labute approximate surface area is 152 Å². The van der Waals surface area contributed by atoms with Gasteiger partial charge in [-0.2, -0.15) is 0 Å².